The van der Waals surface area contributed by atoms with Gasteiger partial charge in [0, 0.05) is 35.3 Å². The first-order valence-electron chi connectivity index (χ1n) is 42.8. The number of aromatic nitrogens is 2. The number of aryl methyl sites for hydroxylation is 3. The number of hydrogen-bond acceptors (Lipinski definition) is 4. The minimum Gasteiger partial charge on any atom is -0.497 e. The van der Waals surface area contributed by atoms with E-state index in [1.54, 1.807) is 31.5 Å². The summed E-state index contributed by atoms with van der Waals surface area (Å²) in [6.45, 7) is 60.9. The number of hydrogen-bond donors (Lipinski definition) is 0. The molecule has 1 fully saturated rings. The number of ether oxygens (including phenoxy) is 1. The number of halogens is 4. The summed E-state index contributed by atoms with van der Waals surface area (Å²) in [6, 6.07) is 83.7. The molecule has 11 aromatic rings. The molecule has 117 heavy (non-hydrogen) atoms. The lowest BCUT2D eigenvalue weighted by atomic mass is 9.99. The monoisotopic (exact) mass is 1610 g/mol. The number of pyridine rings is 2. The van der Waals surface area contributed by atoms with Crippen molar-refractivity contribution in [1.29, 1.82) is 0 Å². The molecular weight excluding hydrogens is 1460 g/mol. The lowest BCUT2D eigenvalue weighted by molar-refractivity contribution is 0.185. The number of nitrogens with zero attached hydrogens (tertiary/aromatic N) is 3. The van der Waals surface area contributed by atoms with Crippen LogP contribution in [-0.4, -0.2) is 41.1 Å². The summed E-state index contributed by atoms with van der Waals surface area (Å²) in [5.41, 5.74) is 18.0. The smallest absolute Gasteiger partial charge is 0.126 e. The topological polar surface area (TPSA) is 38.2 Å². The van der Waals surface area contributed by atoms with Crippen molar-refractivity contribution in [3.05, 3.63) is 374 Å². The van der Waals surface area contributed by atoms with Crippen LogP contribution in [-0.2, 0) is 0 Å². The maximum Gasteiger partial charge on any atom is 0.126 e. The van der Waals surface area contributed by atoms with Gasteiger partial charge in [-0.15, -0.1) is 0 Å². The van der Waals surface area contributed by atoms with Gasteiger partial charge in [0.05, 0.1) is 7.11 Å². The van der Waals surface area contributed by atoms with Gasteiger partial charge >= 0.3 is 0 Å². The Labute approximate surface area is 717 Å². The highest BCUT2D eigenvalue weighted by Crippen LogP contribution is 2.24. The van der Waals surface area contributed by atoms with Gasteiger partial charge in [-0.2, -0.15) is 0 Å². The average molecular weight is 1610 g/mol. The van der Waals surface area contributed by atoms with E-state index in [0.29, 0.717) is 59.2 Å². The highest BCUT2D eigenvalue weighted by atomic mass is 35.5. The Hall–Kier alpha value is -8.88. The first-order valence-corrected chi connectivity index (χ1v) is 43.2. The molecule has 4 nitrogen and oxygen atoms in total. The van der Waals surface area contributed by atoms with Crippen LogP contribution in [0, 0.1) is 38.2 Å². The van der Waals surface area contributed by atoms with Crippen molar-refractivity contribution >= 4 is 11.6 Å². The minimum absolute atomic E-state index is 0.0995. The zero-order valence-electron chi connectivity index (χ0n) is 77.2. The predicted molar refractivity (Wildman–Crippen MR) is 508 cm³/mol. The first kappa shape index (κ1) is 106. The molecule has 0 radical (unpaired) electrons. The summed E-state index contributed by atoms with van der Waals surface area (Å²) >= 11 is 5.79. The number of benzene rings is 9. The number of methoxy groups -OCH3 is 1. The maximum absolute atomic E-state index is 12.8. The van der Waals surface area contributed by atoms with Crippen LogP contribution in [0.3, 0.4) is 0 Å². The van der Waals surface area contributed by atoms with Crippen LogP contribution < -0.4 is 4.74 Å². The molecule has 636 valence electrons. The van der Waals surface area contributed by atoms with E-state index in [9.17, 15) is 13.2 Å². The third-order valence-electron chi connectivity index (χ3n) is 19.4. The zero-order valence-corrected chi connectivity index (χ0v) is 78.0. The molecule has 1 aliphatic rings. The van der Waals surface area contributed by atoms with Crippen molar-refractivity contribution in [1.82, 2.24) is 14.9 Å². The van der Waals surface area contributed by atoms with E-state index >= 15 is 0 Å². The Morgan fingerprint density at radius 1 is 0.316 bits per heavy atom. The van der Waals surface area contributed by atoms with Crippen LogP contribution in [0.25, 0.3) is 0 Å². The fourth-order valence-electron chi connectivity index (χ4n) is 11.4. The molecule has 0 amide bonds. The fourth-order valence-corrected chi connectivity index (χ4v) is 11.6. The van der Waals surface area contributed by atoms with Crippen molar-refractivity contribution in [2.75, 3.05) is 20.2 Å². The van der Waals surface area contributed by atoms with Gasteiger partial charge in [0.1, 0.15) is 23.2 Å². The molecule has 8 heteroatoms. The van der Waals surface area contributed by atoms with Gasteiger partial charge in [-0.1, -0.05) is 363 Å². The largest absolute Gasteiger partial charge is 0.497 e. The molecular formula is C109H151ClF3N3O. The minimum atomic E-state index is -0.163. The van der Waals surface area contributed by atoms with E-state index in [0.717, 1.165) is 33.6 Å². The van der Waals surface area contributed by atoms with Gasteiger partial charge in [0.2, 0.25) is 0 Å². The molecule has 1 aliphatic heterocycles. The molecule has 2 aromatic heterocycles. The molecule has 0 bridgehead atoms. The van der Waals surface area contributed by atoms with E-state index in [1.165, 1.54) is 118 Å². The molecule has 0 atom stereocenters. The van der Waals surface area contributed by atoms with Crippen molar-refractivity contribution in [2.24, 2.45) is 0 Å². The number of piperidine rings is 1. The second kappa shape index (κ2) is 61.4. The number of likely N-dealkylation sites (tertiary alicyclic amines) is 1. The van der Waals surface area contributed by atoms with Crippen molar-refractivity contribution in [3.8, 4) is 5.75 Å². The summed E-state index contributed by atoms with van der Waals surface area (Å²) in [7, 11) is 1.68. The Kier molecular flexibility index (Phi) is 55.7. The van der Waals surface area contributed by atoms with Crippen LogP contribution in [0.2, 0.25) is 5.02 Å². The molecule has 3 heterocycles. The standard InChI is InChI=1S/C10H14O.3C10H14.C9H11Cl.3C9H11F.C9H12.C8H11N.C8H17N.C8H11N/c1-8(2)9-4-6-10(11-3)7-5-9;1-8(2)10-6-4-9(3)5-7-10;1-8(2)10-6-4-5-9(3)7-10;1-8(2)10-7-5-4-6-9(10)3;1-7(2)8-4-3-5-9(10)6-8;1-7(2)8-3-5-9(10)6-4-8;1-7(2)8-4-3-5-9(10)6-8;1-7(2)8-5-3-4-6-9(8)10;1-8(2)9-6-4-3-5-7-9;1-7(2)8-4-3-5-9-6-8;1-8(2)9-6-4-3-5-7-9;1-7(2)8-5-3-4-6-9-8/h4-8H,1-3H3;3*4-8H,1-3H3;4*3-7H,1-2H3;3-8H,1-2H3;3-7H,1-2H3;8H,3-7H2,1-2H3;3-7H,1-2H3. The van der Waals surface area contributed by atoms with Gasteiger partial charge < -0.3 is 9.64 Å². The van der Waals surface area contributed by atoms with Gasteiger partial charge in [-0.3, -0.25) is 9.97 Å². The molecule has 0 N–H and O–H groups in total. The molecule has 0 aliphatic carbocycles. The number of rotatable bonds is 13. The predicted octanol–water partition coefficient (Wildman–Crippen LogP) is 33.6. The third-order valence-corrected chi connectivity index (χ3v) is 19.6. The summed E-state index contributed by atoms with van der Waals surface area (Å²) < 4.78 is 42.8. The second-order valence-corrected chi connectivity index (χ2v) is 33.9. The van der Waals surface area contributed by atoms with Crippen LogP contribution in [0.1, 0.15) is 329 Å². The van der Waals surface area contributed by atoms with E-state index in [2.05, 4.69) is 309 Å². The Bertz CT molecular complexity index is 3900. The first-order chi connectivity index (χ1) is 55.4. The molecule has 9 aromatic carbocycles. The summed E-state index contributed by atoms with van der Waals surface area (Å²) in [6.07, 6.45) is 9.81. The van der Waals surface area contributed by atoms with Crippen LogP contribution in [0.15, 0.2) is 273 Å². The molecule has 1 saturated heterocycles. The van der Waals surface area contributed by atoms with Gasteiger partial charge in [0.25, 0.3) is 0 Å². The Morgan fingerprint density at radius 2 is 0.726 bits per heavy atom. The highest BCUT2D eigenvalue weighted by molar-refractivity contribution is 6.30. The fraction of sp³-hybridized carbons (Fsp3) is 0.413. The van der Waals surface area contributed by atoms with Crippen molar-refractivity contribution in [3.63, 3.8) is 0 Å². The van der Waals surface area contributed by atoms with Gasteiger partial charge in [-0.25, -0.2) is 13.2 Å². The molecule has 12 rings (SSSR count). The molecule has 0 unspecified atom stereocenters. The lowest BCUT2D eigenvalue weighted by Crippen LogP contribution is -2.35. The Morgan fingerprint density at radius 3 is 1.06 bits per heavy atom. The van der Waals surface area contributed by atoms with E-state index < -0.39 is 0 Å². The Balaban J connectivity index is 0.000000638. The van der Waals surface area contributed by atoms with Crippen LogP contribution in [0.5, 0.6) is 5.75 Å². The van der Waals surface area contributed by atoms with Crippen LogP contribution in [0.4, 0.5) is 13.2 Å². The van der Waals surface area contributed by atoms with Crippen LogP contribution >= 0.6 is 11.6 Å². The summed E-state index contributed by atoms with van der Waals surface area (Å²) in [5.74, 6) is 6.62. The van der Waals surface area contributed by atoms with E-state index in [1.807, 2.05) is 117 Å². The normalized spacial score (nSPS) is 11.3. The SMILES string of the molecule is CC(C)N1CCCCC1.CC(C)c1ccc(F)cc1.CC(C)c1cccc(Cl)c1.CC(C)c1cccc(F)c1.CC(C)c1ccccc1.CC(C)c1ccccc1F.CC(C)c1ccccn1.CC(C)c1cccnc1.COc1ccc(C(C)C)cc1.Cc1ccc(C(C)C)cc1.Cc1cccc(C(C)C)c1.Cc1ccccc1C(C)C. The molecule has 0 saturated carbocycles. The van der Waals surface area contributed by atoms with E-state index in [-0.39, 0.29) is 23.4 Å². The van der Waals surface area contributed by atoms with Crippen molar-refractivity contribution in [2.45, 2.75) is 277 Å². The lowest BCUT2D eigenvalue weighted by Gasteiger charge is -2.29. The average Bonchev–Trinajstić information content (AvgIpc) is 0.908. The van der Waals surface area contributed by atoms with Gasteiger partial charge in [-0.05, 0) is 260 Å². The van der Waals surface area contributed by atoms with Gasteiger partial charge in [0.15, 0.2) is 0 Å². The molecule has 0 spiro atoms. The second-order valence-electron chi connectivity index (χ2n) is 33.5. The van der Waals surface area contributed by atoms with Crippen molar-refractivity contribution < 1.29 is 17.9 Å². The maximum atomic E-state index is 12.8. The highest BCUT2D eigenvalue weighted by Gasteiger charge is 2.12. The third kappa shape index (κ3) is 49.2. The van der Waals surface area contributed by atoms with E-state index in [4.69, 9.17) is 16.3 Å². The summed E-state index contributed by atoms with van der Waals surface area (Å²) in [4.78, 5) is 10.7. The summed E-state index contributed by atoms with van der Waals surface area (Å²) in [5, 5.41) is 0.825. The zero-order chi connectivity index (χ0) is 88.0. The quantitative estimate of drug-likeness (QED) is 0.115.